The summed E-state index contributed by atoms with van der Waals surface area (Å²) in [6.45, 7) is 0.179. The summed E-state index contributed by atoms with van der Waals surface area (Å²) in [7, 11) is 0. The molecule has 0 unspecified atom stereocenters. The topological polar surface area (TPSA) is 77.8 Å². The van der Waals surface area contributed by atoms with Crippen molar-refractivity contribution in [2.75, 3.05) is 13.1 Å². The Bertz CT molecular complexity index is 535. The molecule has 1 aliphatic rings. The molecule has 1 aromatic carbocycles. The summed E-state index contributed by atoms with van der Waals surface area (Å²) >= 11 is 1.88. The molecule has 7 heteroatoms. The zero-order valence-corrected chi connectivity index (χ0v) is 12.6. The zero-order chi connectivity index (χ0) is 14.9. The van der Waals surface area contributed by atoms with Gasteiger partial charge in [-0.25, -0.2) is 9.18 Å². The average Bonchev–Trinajstić information content (AvgIpc) is 2.39. The second-order valence-electron chi connectivity index (χ2n) is 4.73. The van der Waals surface area contributed by atoms with Crippen LogP contribution in [0.25, 0.3) is 0 Å². The van der Waals surface area contributed by atoms with E-state index in [1.54, 1.807) is 6.07 Å². The maximum Gasteiger partial charge on any atom is 0.335 e. The molecule has 5 nitrogen and oxygen atoms in total. The summed E-state index contributed by atoms with van der Waals surface area (Å²) < 4.78 is 14.2. The van der Waals surface area contributed by atoms with Crippen LogP contribution in [0.2, 0.25) is 0 Å². The second-order valence-corrected chi connectivity index (χ2v) is 5.89. The van der Waals surface area contributed by atoms with Gasteiger partial charge in [0.2, 0.25) is 0 Å². The van der Waals surface area contributed by atoms with Gasteiger partial charge in [-0.2, -0.15) is 0 Å². The lowest BCUT2D eigenvalue weighted by atomic mass is 9.91. The SMILES string of the molecule is O=C(c1c(F)cccc1I)N1CCC(O)(C(=O)O)CC1. The molecule has 0 spiro atoms. The van der Waals surface area contributed by atoms with Crippen molar-refractivity contribution in [2.45, 2.75) is 18.4 Å². The van der Waals surface area contributed by atoms with E-state index < -0.39 is 23.3 Å². The summed E-state index contributed by atoms with van der Waals surface area (Å²) in [6, 6.07) is 4.37. The molecule has 1 saturated heterocycles. The van der Waals surface area contributed by atoms with Crippen LogP contribution in [-0.2, 0) is 4.79 Å². The molecule has 2 N–H and O–H groups in total. The van der Waals surface area contributed by atoms with Gasteiger partial charge in [0.25, 0.3) is 5.91 Å². The van der Waals surface area contributed by atoms with Gasteiger partial charge >= 0.3 is 5.97 Å². The molecule has 20 heavy (non-hydrogen) atoms. The van der Waals surface area contributed by atoms with E-state index in [9.17, 15) is 19.1 Å². The molecule has 0 radical (unpaired) electrons. The Morgan fingerprint density at radius 2 is 1.90 bits per heavy atom. The minimum absolute atomic E-state index is 0.00568. The summed E-state index contributed by atoms with van der Waals surface area (Å²) in [5.41, 5.74) is -1.80. The van der Waals surface area contributed by atoms with Crippen molar-refractivity contribution in [3.05, 3.63) is 33.1 Å². The van der Waals surface area contributed by atoms with E-state index >= 15 is 0 Å². The van der Waals surface area contributed by atoms with Crippen LogP contribution in [0.5, 0.6) is 0 Å². The zero-order valence-electron chi connectivity index (χ0n) is 10.5. The molecular weight excluding hydrogens is 380 g/mol. The van der Waals surface area contributed by atoms with Gasteiger partial charge in [-0.3, -0.25) is 4.79 Å². The number of aliphatic hydroxyl groups is 1. The predicted molar refractivity (Wildman–Crippen MR) is 76.8 cm³/mol. The summed E-state index contributed by atoms with van der Waals surface area (Å²) in [6.07, 6.45) is -0.113. The van der Waals surface area contributed by atoms with E-state index in [1.807, 2.05) is 22.6 Å². The number of likely N-dealkylation sites (tertiary alicyclic amines) is 1. The van der Waals surface area contributed by atoms with Crippen LogP contribution in [0.15, 0.2) is 18.2 Å². The number of rotatable bonds is 2. The Labute approximate surface area is 128 Å². The minimum atomic E-state index is -1.79. The maximum absolute atomic E-state index is 13.7. The van der Waals surface area contributed by atoms with Gasteiger partial charge in [0.05, 0.1) is 5.56 Å². The molecule has 1 fully saturated rings. The second kappa shape index (κ2) is 5.65. The molecule has 2 rings (SSSR count). The van der Waals surface area contributed by atoms with Crippen LogP contribution in [0.1, 0.15) is 23.2 Å². The van der Waals surface area contributed by atoms with Crippen LogP contribution >= 0.6 is 22.6 Å². The number of amides is 1. The molecule has 0 saturated carbocycles. The molecule has 1 aromatic rings. The largest absolute Gasteiger partial charge is 0.479 e. The molecule has 0 aromatic heterocycles. The van der Waals surface area contributed by atoms with E-state index in [0.717, 1.165) is 0 Å². The van der Waals surface area contributed by atoms with Crippen LogP contribution in [0, 0.1) is 9.39 Å². The Kier molecular flexibility index (Phi) is 4.28. The van der Waals surface area contributed by atoms with Gasteiger partial charge in [-0.15, -0.1) is 0 Å². The maximum atomic E-state index is 13.7. The number of carbonyl (C=O) groups excluding carboxylic acids is 1. The van der Waals surface area contributed by atoms with Crippen molar-refractivity contribution in [1.29, 1.82) is 0 Å². The number of aliphatic carboxylic acids is 1. The summed E-state index contributed by atoms with van der Waals surface area (Å²) in [4.78, 5) is 24.6. The first kappa shape index (κ1) is 15.2. The highest BCUT2D eigenvalue weighted by atomic mass is 127. The lowest BCUT2D eigenvalue weighted by molar-refractivity contribution is -0.162. The first-order valence-corrected chi connectivity index (χ1v) is 7.12. The van der Waals surface area contributed by atoms with Crippen molar-refractivity contribution in [3.63, 3.8) is 0 Å². The van der Waals surface area contributed by atoms with E-state index in [0.29, 0.717) is 3.57 Å². The third-order valence-electron chi connectivity index (χ3n) is 3.45. The fourth-order valence-electron chi connectivity index (χ4n) is 2.15. The highest BCUT2D eigenvalue weighted by Gasteiger charge is 2.40. The van der Waals surface area contributed by atoms with Gasteiger partial charge in [0.15, 0.2) is 5.60 Å². The molecule has 1 amide bonds. The highest BCUT2D eigenvalue weighted by Crippen LogP contribution is 2.25. The number of halogens is 2. The number of carbonyl (C=O) groups is 2. The first-order chi connectivity index (χ1) is 9.35. The molecule has 108 valence electrons. The van der Waals surface area contributed by atoms with Gasteiger partial charge in [-0.1, -0.05) is 6.07 Å². The van der Waals surface area contributed by atoms with Crippen molar-refractivity contribution in [2.24, 2.45) is 0 Å². The molecule has 1 aliphatic heterocycles. The Hall–Kier alpha value is -1.22. The number of nitrogens with zero attached hydrogens (tertiary/aromatic N) is 1. The minimum Gasteiger partial charge on any atom is -0.479 e. The third-order valence-corrected chi connectivity index (χ3v) is 4.35. The normalized spacial score (nSPS) is 17.9. The van der Waals surface area contributed by atoms with E-state index in [1.165, 1.54) is 17.0 Å². The Balaban J connectivity index is 2.15. The monoisotopic (exact) mass is 393 g/mol. The molecule has 0 aliphatic carbocycles. The molecular formula is C13H13FINO4. The van der Waals surface area contributed by atoms with Gasteiger partial charge < -0.3 is 15.1 Å². The number of carboxylic acids is 1. The van der Waals surface area contributed by atoms with Crippen LogP contribution in [0.4, 0.5) is 4.39 Å². The number of carboxylic acid groups (broad SMARTS) is 1. The molecule has 0 bridgehead atoms. The average molecular weight is 393 g/mol. The molecule has 1 heterocycles. The Morgan fingerprint density at radius 1 is 1.30 bits per heavy atom. The first-order valence-electron chi connectivity index (χ1n) is 6.04. The fourth-order valence-corrected chi connectivity index (χ4v) is 2.85. The molecule has 0 atom stereocenters. The standard InChI is InChI=1S/C13H13FINO4/c14-8-2-1-3-9(15)10(8)11(17)16-6-4-13(20,5-7-16)12(18)19/h1-3,20H,4-7H2,(H,18,19). The van der Waals surface area contributed by atoms with E-state index in [-0.39, 0.29) is 31.5 Å². The van der Waals surface area contributed by atoms with Gasteiger partial charge in [-0.05, 0) is 34.7 Å². The van der Waals surface area contributed by atoms with Crippen molar-refractivity contribution in [3.8, 4) is 0 Å². The summed E-state index contributed by atoms with van der Waals surface area (Å²) in [5.74, 6) is -2.36. The quantitative estimate of drug-likeness (QED) is 0.747. The van der Waals surface area contributed by atoms with Crippen LogP contribution in [-0.4, -0.2) is 45.7 Å². The smallest absolute Gasteiger partial charge is 0.335 e. The summed E-state index contributed by atoms with van der Waals surface area (Å²) in [5, 5.41) is 18.7. The number of piperidine rings is 1. The lowest BCUT2D eigenvalue weighted by Gasteiger charge is -2.35. The number of hydrogen-bond donors (Lipinski definition) is 2. The van der Waals surface area contributed by atoms with Gasteiger partial charge in [0, 0.05) is 29.5 Å². The van der Waals surface area contributed by atoms with Crippen molar-refractivity contribution >= 4 is 34.5 Å². The number of hydrogen-bond acceptors (Lipinski definition) is 3. The van der Waals surface area contributed by atoms with Crippen molar-refractivity contribution in [1.82, 2.24) is 4.90 Å². The van der Waals surface area contributed by atoms with E-state index in [2.05, 4.69) is 0 Å². The van der Waals surface area contributed by atoms with Crippen molar-refractivity contribution < 1.29 is 24.2 Å². The highest BCUT2D eigenvalue weighted by molar-refractivity contribution is 14.1. The lowest BCUT2D eigenvalue weighted by Crippen LogP contribution is -2.51. The Morgan fingerprint density at radius 3 is 2.40 bits per heavy atom. The van der Waals surface area contributed by atoms with Crippen LogP contribution in [0.3, 0.4) is 0 Å². The third kappa shape index (κ3) is 2.78. The number of benzene rings is 1. The van der Waals surface area contributed by atoms with E-state index in [4.69, 9.17) is 5.11 Å². The fraction of sp³-hybridized carbons (Fsp3) is 0.385. The van der Waals surface area contributed by atoms with Crippen LogP contribution < -0.4 is 0 Å². The predicted octanol–water partition coefficient (Wildman–Crippen LogP) is 1.48. The van der Waals surface area contributed by atoms with Gasteiger partial charge in [0.1, 0.15) is 5.82 Å².